The molecule has 0 fully saturated rings. The quantitative estimate of drug-likeness (QED) is 0.0265. The number of carbonyl (C=O) groups excluding carboxylic acids is 3. The molecule has 0 aromatic carbocycles. The van der Waals surface area contributed by atoms with Gasteiger partial charge in [-0.1, -0.05) is 179 Å². The molecule has 0 spiro atoms. The highest BCUT2D eigenvalue weighted by Crippen LogP contribution is 2.14. The molecule has 0 unspecified atom stereocenters. The predicted molar refractivity (Wildman–Crippen MR) is 242 cm³/mol. The molecule has 0 saturated heterocycles. The molecule has 330 valence electrons. The van der Waals surface area contributed by atoms with Crippen molar-refractivity contribution < 1.29 is 28.6 Å². The van der Waals surface area contributed by atoms with E-state index in [1.807, 2.05) is 0 Å². The van der Waals surface area contributed by atoms with Gasteiger partial charge in [0.15, 0.2) is 6.10 Å². The number of esters is 3. The zero-order valence-corrected chi connectivity index (χ0v) is 37.6. The van der Waals surface area contributed by atoms with Crippen LogP contribution in [0, 0.1) is 0 Å². The lowest BCUT2D eigenvalue weighted by atomic mass is 10.1. The van der Waals surface area contributed by atoms with Crippen LogP contribution in [-0.4, -0.2) is 37.2 Å². The summed E-state index contributed by atoms with van der Waals surface area (Å²) in [6.07, 6.45) is 53.7. The Morgan fingerprint density at radius 2 is 0.649 bits per heavy atom. The first-order valence-electron chi connectivity index (χ1n) is 24.1. The number of unbranched alkanes of at least 4 members (excludes halogenated alkanes) is 24. The molecule has 6 heteroatoms. The van der Waals surface area contributed by atoms with Gasteiger partial charge in [0.05, 0.1) is 0 Å². The van der Waals surface area contributed by atoms with Crippen molar-refractivity contribution in [2.45, 2.75) is 245 Å². The maximum Gasteiger partial charge on any atom is 0.306 e. The van der Waals surface area contributed by atoms with Crippen LogP contribution in [0.15, 0.2) is 48.6 Å². The fourth-order valence-electron chi connectivity index (χ4n) is 6.55. The Labute approximate surface area is 352 Å². The summed E-state index contributed by atoms with van der Waals surface area (Å²) in [6, 6.07) is 0. The number of ether oxygens (including phenoxy) is 3. The summed E-state index contributed by atoms with van der Waals surface area (Å²) >= 11 is 0. The second-order valence-corrected chi connectivity index (χ2v) is 16.0. The molecular weight excluding hydrogens is 709 g/mol. The number of allylic oxidation sites excluding steroid dienone is 8. The van der Waals surface area contributed by atoms with Crippen molar-refractivity contribution in [3.8, 4) is 0 Å². The summed E-state index contributed by atoms with van der Waals surface area (Å²) in [5.74, 6) is -0.909. The third-order valence-electron chi connectivity index (χ3n) is 10.3. The molecule has 0 saturated carbocycles. The Balaban J connectivity index is 4.36. The van der Waals surface area contributed by atoms with E-state index in [4.69, 9.17) is 14.2 Å². The number of carbonyl (C=O) groups is 3. The summed E-state index contributed by atoms with van der Waals surface area (Å²) in [5.41, 5.74) is 0. The van der Waals surface area contributed by atoms with E-state index < -0.39 is 6.10 Å². The van der Waals surface area contributed by atoms with Crippen molar-refractivity contribution in [2.75, 3.05) is 13.2 Å². The van der Waals surface area contributed by atoms with E-state index in [-0.39, 0.29) is 31.1 Å². The van der Waals surface area contributed by atoms with E-state index in [0.29, 0.717) is 19.3 Å². The largest absolute Gasteiger partial charge is 0.462 e. The van der Waals surface area contributed by atoms with Crippen LogP contribution in [0.25, 0.3) is 0 Å². The average molecular weight is 799 g/mol. The van der Waals surface area contributed by atoms with Gasteiger partial charge in [-0.05, 0) is 89.9 Å². The van der Waals surface area contributed by atoms with Gasteiger partial charge >= 0.3 is 17.9 Å². The zero-order valence-electron chi connectivity index (χ0n) is 37.6. The van der Waals surface area contributed by atoms with Gasteiger partial charge in [0, 0.05) is 19.3 Å². The van der Waals surface area contributed by atoms with E-state index in [1.54, 1.807) is 0 Å². The first kappa shape index (κ1) is 54.4. The van der Waals surface area contributed by atoms with Crippen molar-refractivity contribution in [2.24, 2.45) is 0 Å². The monoisotopic (exact) mass is 799 g/mol. The van der Waals surface area contributed by atoms with Crippen LogP contribution in [0.5, 0.6) is 0 Å². The van der Waals surface area contributed by atoms with Gasteiger partial charge < -0.3 is 14.2 Å². The van der Waals surface area contributed by atoms with E-state index >= 15 is 0 Å². The van der Waals surface area contributed by atoms with Gasteiger partial charge in [-0.25, -0.2) is 0 Å². The van der Waals surface area contributed by atoms with Crippen molar-refractivity contribution >= 4 is 17.9 Å². The standard InChI is InChI=1S/C51H90O6/c1-4-7-10-13-16-19-22-23-24-25-26-27-30-32-35-38-41-44-50(53)56-47-48(57-51(54)45-42-39-36-33-29-21-18-15-12-9-6-3)46-55-49(52)43-40-37-34-31-28-20-17-14-11-8-5-2/h14-19,23-24,48H,4-13,20-22,25-47H2,1-3H3/b17-14-,18-15-,19-16-,24-23-/t48-/m0/s1. The Bertz CT molecular complexity index is 1010. The molecule has 1 atom stereocenters. The molecule has 0 N–H and O–H groups in total. The SMILES string of the molecule is CCCC/C=C\CCCCCCCC(=O)OC[C@@H](COC(=O)CCCCCCCCC/C=C\C/C=C\CCCCC)OC(=O)CCCCCCC/C=C\CCCC. The first-order valence-corrected chi connectivity index (χ1v) is 24.1. The summed E-state index contributed by atoms with van der Waals surface area (Å²) in [6.45, 7) is 6.51. The van der Waals surface area contributed by atoms with Gasteiger partial charge in [-0.15, -0.1) is 0 Å². The van der Waals surface area contributed by atoms with Gasteiger partial charge in [0.2, 0.25) is 0 Å². The number of hydrogen-bond donors (Lipinski definition) is 0. The van der Waals surface area contributed by atoms with Crippen molar-refractivity contribution in [1.82, 2.24) is 0 Å². The Kier molecular flexibility index (Phi) is 43.9. The summed E-state index contributed by atoms with van der Waals surface area (Å²) < 4.78 is 16.7. The maximum atomic E-state index is 12.7. The highest BCUT2D eigenvalue weighted by molar-refractivity contribution is 5.71. The van der Waals surface area contributed by atoms with E-state index in [9.17, 15) is 14.4 Å². The summed E-state index contributed by atoms with van der Waals surface area (Å²) in [5, 5.41) is 0. The molecule has 0 aromatic rings. The molecule has 0 bridgehead atoms. The number of rotatable bonds is 43. The van der Waals surface area contributed by atoms with Gasteiger partial charge in [0.25, 0.3) is 0 Å². The minimum atomic E-state index is -0.780. The Hall–Kier alpha value is -2.63. The lowest BCUT2D eigenvalue weighted by molar-refractivity contribution is -0.167. The average Bonchev–Trinajstić information content (AvgIpc) is 3.21. The molecule has 0 radical (unpaired) electrons. The van der Waals surface area contributed by atoms with Gasteiger partial charge in [0.1, 0.15) is 13.2 Å². The van der Waals surface area contributed by atoms with Gasteiger partial charge in [-0.2, -0.15) is 0 Å². The molecular formula is C51H90O6. The van der Waals surface area contributed by atoms with Crippen LogP contribution in [0.2, 0.25) is 0 Å². The third kappa shape index (κ3) is 44.3. The molecule has 0 aliphatic carbocycles. The normalized spacial score (nSPS) is 12.4. The Morgan fingerprint density at radius 3 is 1.04 bits per heavy atom. The predicted octanol–water partition coefficient (Wildman–Crippen LogP) is 15.5. The summed E-state index contributed by atoms with van der Waals surface area (Å²) in [4.78, 5) is 37.8. The summed E-state index contributed by atoms with van der Waals surface area (Å²) in [7, 11) is 0. The molecule has 57 heavy (non-hydrogen) atoms. The van der Waals surface area contributed by atoms with E-state index in [2.05, 4.69) is 69.4 Å². The lowest BCUT2D eigenvalue weighted by Gasteiger charge is -2.18. The first-order chi connectivity index (χ1) is 28.0. The van der Waals surface area contributed by atoms with Crippen LogP contribution in [0.3, 0.4) is 0 Å². The zero-order chi connectivity index (χ0) is 41.5. The highest BCUT2D eigenvalue weighted by atomic mass is 16.6. The molecule has 0 heterocycles. The minimum Gasteiger partial charge on any atom is -0.462 e. The molecule has 0 rings (SSSR count). The van der Waals surface area contributed by atoms with E-state index in [1.165, 1.54) is 109 Å². The van der Waals surface area contributed by atoms with Crippen molar-refractivity contribution in [1.29, 1.82) is 0 Å². The highest BCUT2D eigenvalue weighted by Gasteiger charge is 2.19. The third-order valence-corrected chi connectivity index (χ3v) is 10.3. The van der Waals surface area contributed by atoms with Crippen molar-refractivity contribution in [3.63, 3.8) is 0 Å². The minimum absolute atomic E-state index is 0.0831. The molecule has 6 nitrogen and oxygen atoms in total. The second kappa shape index (κ2) is 46.1. The smallest absolute Gasteiger partial charge is 0.306 e. The molecule has 0 aliphatic rings. The number of hydrogen-bond acceptors (Lipinski definition) is 6. The van der Waals surface area contributed by atoms with Crippen LogP contribution in [0.4, 0.5) is 0 Å². The fraction of sp³-hybridized carbons (Fsp3) is 0.784. The molecule has 0 aliphatic heterocycles. The van der Waals surface area contributed by atoms with Crippen LogP contribution < -0.4 is 0 Å². The van der Waals surface area contributed by atoms with Gasteiger partial charge in [-0.3, -0.25) is 14.4 Å². The molecule has 0 amide bonds. The maximum absolute atomic E-state index is 12.7. The second-order valence-electron chi connectivity index (χ2n) is 16.0. The Morgan fingerprint density at radius 1 is 0.351 bits per heavy atom. The van der Waals surface area contributed by atoms with Crippen LogP contribution >= 0.6 is 0 Å². The van der Waals surface area contributed by atoms with E-state index in [0.717, 1.165) is 89.9 Å². The topological polar surface area (TPSA) is 78.9 Å². The van der Waals surface area contributed by atoms with Crippen molar-refractivity contribution in [3.05, 3.63) is 48.6 Å². The lowest BCUT2D eigenvalue weighted by Crippen LogP contribution is -2.30. The molecule has 0 aromatic heterocycles. The van der Waals surface area contributed by atoms with Crippen LogP contribution in [-0.2, 0) is 28.6 Å². The van der Waals surface area contributed by atoms with Crippen LogP contribution in [0.1, 0.15) is 239 Å². The fourth-order valence-corrected chi connectivity index (χ4v) is 6.55.